The Morgan fingerprint density at radius 1 is 1.22 bits per heavy atom. The van der Waals surface area contributed by atoms with Gasteiger partial charge in [-0.15, -0.1) is 0 Å². The molecule has 1 aliphatic carbocycles. The fourth-order valence-electron chi connectivity index (χ4n) is 2.85. The van der Waals surface area contributed by atoms with Crippen molar-refractivity contribution in [1.29, 1.82) is 0 Å². The number of nitrogens with one attached hydrogen (secondary N) is 1. The molecule has 1 amide bonds. The normalized spacial score (nSPS) is 23.9. The molecule has 1 aliphatic rings. The van der Waals surface area contributed by atoms with Crippen LogP contribution in [0.3, 0.4) is 0 Å². The van der Waals surface area contributed by atoms with E-state index in [9.17, 15) is 9.90 Å². The van der Waals surface area contributed by atoms with Crippen molar-refractivity contribution in [2.75, 3.05) is 32.8 Å². The molecule has 0 spiro atoms. The molecule has 2 N–H and O–H groups in total. The second-order valence-electron chi connectivity index (χ2n) is 5.18. The van der Waals surface area contributed by atoms with Gasteiger partial charge in [0.15, 0.2) is 0 Å². The molecule has 1 fully saturated rings. The van der Waals surface area contributed by atoms with E-state index < -0.39 is 0 Å². The minimum absolute atomic E-state index is 0.177. The maximum Gasteiger partial charge on any atom is 0.236 e. The summed E-state index contributed by atoms with van der Waals surface area (Å²) in [6, 6.07) is 0. The zero-order valence-electron chi connectivity index (χ0n) is 11.8. The Kier molecular flexibility index (Phi) is 7.28. The summed E-state index contributed by atoms with van der Waals surface area (Å²) in [4.78, 5) is 13.7. The van der Waals surface area contributed by atoms with Crippen molar-refractivity contribution in [3.8, 4) is 0 Å². The summed E-state index contributed by atoms with van der Waals surface area (Å²) in [5, 5.41) is 12.6. The zero-order valence-corrected chi connectivity index (χ0v) is 11.8. The molecule has 4 nitrogen and oxygen atoms in total. The highest BCUT2D eigenvalue weighted by Crippen LogP contribution is 2.28. The Bertz CT molecular complexity index is 242. The summed E-state index contributed by atoms with van der Waals surface area (Å²) in [7, 11) is 0. The van der Waals surface area contributed by atoms with E-state index in [0.717, 1.165) is 26.1 Å². The SMILES string of the molecule is CCN(CC)C(=O)CNCC1CCCCC1CO. The summed E-state index contributed by atoms with van der Waals surface area (Å²) in [5.41, 5.74) is 0. The quantitative estimate of drug-likeness (QED) is 0.720. The van der Waals surface area contributed by atoms with Crippen LogP contribution in [0.2, 0.25) is 0 Å². The summed E-state index contributed by atoms with van der Waals surface area (Å²) < 4.78 is 0. The molecule has 0 aromatic carbocycles. The van der Waals surface area contributed by atoms with E-state index in [2.05, 4.69) is 5.32 Å². The van der Waals surface area contributed by atoms with E-state index in [1.807, 2.05) is 18.7 Å². The van der Waals surface area contributed by atoms with Gasteiger partial charge in [0.2, 0.25) is 5.91 Å². The van der Waals surface area contributed by atoms with Gasteiger partial charge in [0.1, 0.15) is 0 Å². The van der Waals surface area contributed by atoms with Crippen molar-refractivity contribution in [3.63, 3.8) is 0 Å². The lowest BCUT2D eigenvalue weighted by molar-refractivity contribution is -0.129. The first-order valence-corrected chi connectivity index (χ1v) is 7.32. The van der Waals surface area contributed by atoms with Crippen LogP contribution in [0.4, 0.5) is 0 Å². The third-order valence-electron chi connectivity index (χ3n) is 4.10. The molecule has 4 heteroatoms. The van der Waals surface area contributed by atoms with Crippen LogP contribution >= 0.6 is 0 Å². The molecule has 0 aromatic rings. The van der Waals surface area contributed by atoms with E-state index >= 15 is 0 Å². The number of nitrogens with zero attached hydrogens (tertiary/aromatic N) is 1. The Morgan fingerprint density at radius 2 is 1.83 bits per heavy atom. The Balaban J connectivity index is 2.25. The summed E-state index contributed by atoms with van der Waals surface area (Å²) in [6.45, 7) is 7.14. The molecule has 0 aromatic heterocycles. The Morgan fingerprint density at radius 3 is 2.39 bits per heavy atom. The Hall–Kier alpha value is -0.610. The molecule has 2 unspecified atom stereocenters. The van der Waals surface area contributed by atoms with Crippen molar-refractivity contribution in [2.24, 2.45) is 11.8 Å². The van der Waals surface area contributed by atoms with Crippen molar-refractivity contribution >= 4 is 5.91 Å². The standard InChI is InChI=1S/C14H28N2O2/c1-3-16(4-2)14(18)10-15-9-12-7-5-6-8-13(12)11-17/h12-13,15,17H,3-11H2,1-2H3. The lowest BCUT2D eigenvalue weighted by atomic mass is 9.79. The molecule has 0 heterocycles. The monoisotopic (exact) mass is 256 g/mol. The smallest absolute Gasteiger partial charge is 0.236 e. The van der Waals surface area contributed by atoms with E-state index in [1.165, 1.54) is 19.3 Å². The summed E-state index contributed by atoms with van der Waals surface area (Å²) in [6.07, 6.45) is 4.80. The van der Waals surface area contributed by atoms with Gasteiger partial charge in [-0.1, -0.05) is 12.8 Å². The van der Waals surface area contributed by atoms with Gasteiger partial charge in [-0.3, -0.25) is 4.79 Å². The average molecular weight is 256 g/mol. The zero-order chi connectivity index (χ0) is 13.4. The minimum atomic E-state index is 0.177. The van der Waals surface area contributed by atoms with Gasteiger partial charge in [0.05, 0.1) is 6.54 Å². The van der Waals surface area contributed by atoms with Crippen LogP contribution in [-0.4, -0.2) is 48.7 Å². The number of amides is 1. The molecule has 1 rings (SSSR count). The van der Waals surface area contributed by atoms with Crippen LogP contribution in [0.25, 0.3) is 0 Å². The number of aliphatic hydroxyl groups is 1. The van der Waals surface area contributed by atoms with Crippen LogP contribution < -0.4 is 5.32 Å². The van der Waals surface area contributed by atoms with Crippen LogP contribution in [0.5, 0.6) is 0 Å². The lowest BCUT2D eigenvalue weighted by Crippen LogP contribution is -2.40. The molecule has 0 bridgehead atoms. The number of likely N-dealkylation sites (N-methyl/N-ethyl adjacent to an activating group) is 1. The molecular weight excluding hydrogens is 228 g/mol. The van der Waals surface area contributed by atoms with Gasteiger partial charge in [0.25, 0.3) is 0 Å². The van der Waals surface area contributed by atoms with Crippen molar-refractivity contribution < 1.29 is 9.90 Å². The van der Waals surface area contributed by atoms with Gasteiger partial charge < -0.3 is 15.3 Å². The lowest BCUT2D eigenvalue weighted by Gasteiger charge is -2.30. The molecule has 106 valence electrons. The van der Waals surface area contributed by atoms with E-state index in [4.69, 9.17) is 0 Å². The van der Waals surface area contributed by atoms with Gasteiger partial charge >= 0.3 is 0 Å². The third kappa shape index (κ3) is 4.58. The van der Waals surface area contributed by atoms with Gasteiger partial charge in [-0.2, -0.15) is 0 Å². The third-order valence-corrected chi connectivity index (χ3v) is 4.10. The number of hydrogen-bond acceptors (Lipinski definition) is 3. The van der Waals surface area contributed by atoms with Gasteiger partial charge in [0, 0.05) is 19.7 Å². The van der Waals surface area contributed by atoms with Gasteiger partial charge in [-0.25, -0.2) is 0 Å². The maximum absolute atomic E-state index is 11.8. The van der Waals surface area contributed by atoms with Crippen LogP contribution in [0.15, 0.2) is 0 Å². The molecule has 18 heavy (non-hydrogen) atoms. The molecule has 1 saturated carbocycles. The molecular formula is C14H28N2O2. The second-order valence-corrected chi connectivity index (χ2v) is 5.18. The van der Waals surface area contributed by atoms with Crippen molar-refractivity contribution in [1.82, 2.24) is 10.2 Å². The number of carbonyl (C=O) groups excluding carboxylic acids is 1. The fourth-order valence-corrected chi connectivity index (χ4v) is 2.85. The molecule has 0 radical (unpaired) electrons. The largest absolute Gasteiger partial charge is 0.396 e. The van der Waals surface area contributed by atoms with Crippen LogP contribution in [0.1, 0.15) is 39.5 Å². The molecule has 0 saturated heterocycles. The molecule has 2 atom stereocenters. The van der Waals surface area contributed by atoms with Crippen LogP contribution in [0, 0.1) is 11.8 Å². The number of rotatable bonds is 7. The van der Waals surface area contributed by atoms with E-state index in [0.29, 0.717) is 18.4 Å². The van der Waals surface area contributed by atoms with Crippen molar-refractivity contribution in [3.05, 3.63) is 0 Å². The van der Waals surface area contributed by atoms with E-state index in [-0.39, 0.29) is 12.5 Å². The number of aliphatic hydroxyl groups excluding tert-OH is 1. The predicted octanol–water partition coefficient (Wildman–Crippen LogP) is 1.24. The number of carbonyl (C=O) groups is 1. The van der Waals surface area contributed by atoms with Crippen molar-refractivity contribution in [2.45, 2.75) is 39.5 Å². The minimum Gasteiger partial charge on any atom is -0.396 e. The first-order valence-electron chi connectivity index (χ1n) is 7.32. The summed E-state index contributed by atoms with van der Waals surface area (Å²) in [5.74, 6) is 1.14. The first-order chi connectivity index (χ1) is 8.72. The maximum atomic E-state index is 11.8. The first kappa shape index (κ1) is 15.4. The second kappa shape index (κ2) is 8.48. The van der Waals surface area contributed by atoms with Gasteiger partial charge in [-0.05, 0) is 45.1 Å². The van der Waals surface area contributed by atoms with E-state index in [1.54, 1.807) is 0 Å². The number of hydrogen-bond donors (Lipinski definition) is 2. The highest BCUT2D eigenvalue weighted by atomic mass is 16.3. The average Bonchev–Trinajstić information content (AvgIpc) is 2.40. The summed E-state index contributed by atoms with van der Waals surface area (Å²) >= 11 is 0. The fraction of sp³-hybridized carbons (Fsp3) is 0.929. The Labute approximate surface area is 111 Å². The molecule has 0 aliphatic heterocycles. The highest BCUT2D eigenvalue weighted by molar-refractivity contribution is 5.78. The topological polar surface area (TPSA) is 52.6 Å². The van der Waals surface area contributed by atoms with Crippen LogP contribution in [-0.2, 0) is 4.79 Å². The highest BCUT2D eigenvalue weighted by Gasteiger charge is 2.24. The predicted molar refractivity (Wildman–Crippen MR) is 73.3 cm³/mol.